The van der Waals surface area contributed by atoms with Crippen molar-refractivity contribution < 1.29 is 16.5 Å². The molecule has 8 nitrogen and oxygen atoms in total. The van der Waals surface area contributed by atoms with E-state index in [-0.39, 0.29) is 22.2 Å². The van der Waals surface area contributed by atoms with Gasteiger partial charge in [0.15, 0.2) is 0 Å². The lowest BCUT2D eigenvalue weighted by Crippen LogP contribution is -2.67. The van der Waals surface area contributed by atoms with Crippen LogP contribution < -0.4 is 21.3 Å². The molecule has 44 heavy (non-hydrogen) atoms. The minimum absolute atomic E-state index is 0.0965. The number of hydrogen-bond acceptors (Lipinski definition) is 8. The first-order valence-electron chi connectivity index (χ1n) is 17.5. The minimum Gasteiger partial charge on any atom is -0.416 e. The molecule has 0 unspecified atom stereocenters. The molecular formula is C32H76N4O4Si4. The molecule has 0 spiro atoms. The second-order valence-electron chi connectivity index (χ2n) is 18.1. The Kier molecular flexibility index (Phi) is 16.2. The summed E-state index contributed by atoms with van der Waals surface area (Å²) in [6.45, 7) is 39.7. The predicted molar refractivity (Wildman–Crippen MR) is 200 cm³/mol. The normalized spacial score (nSPS) is 29.5. The molecule has 4 N–H and O–H groups in total. The van der Waals surface area contributed by atoms with Gasteiger partial charge in [-0.3, -0.25) is 0 Å². The van der Waals surface area contributed by atoms with Crippen LogP contribution in [-0.4, -0.2) is 82.6 Å². The Morgan fingerprint density at radius 3 is 0.636 bits per heavy atom. The van der Waals surface area contributed by atoms with Crippen LogP contribution in [0.5, 0.6) is 0 Å². The molecule has 0 aromatic carbocycles. The summed E-state index contributed by atoms with van der Waals surface area (Å²) in [5.41, 5.74) is 0.386. The standard InChI is InChI=1S/C32H76N4O4Si4/c1-29(2,3)33-21-17-25-41(13)37-42(14,26-18-22-34-30(4,5)6)39-44(16,28-20-24-36-32(10,11)12)40-43(15,38-41)27-19-23-35-31(7,8)9/h33-36H,17-28H2,1-16H3. The molecule has 1 fully saturated rings. The van der Waals surface area contributed by atoms with E-state index >= 15 is 0 Å². The molecular weight excluding hydrogens is 617 g/mol. The van der Waals surface area contributed by atoms with Crippen LogP contribution in [-0.2, 0) is 16.5 Å². The fraction of sp³-hybridized carbons (Fsp3) is 1.00. The highest BCUT2D eigenvalue weighted by Crippen LogP contribution is 2.38. The molecule has 1 aliphatic heterocycles. The number of nitrogens with one attached hydrogen (secondary N) is 4. The van der Waals surface area contributed by atoms with Crippen molar-refractivity contribution in [2.24, 2.45) is 0 Å². The van der Waals surface area contributed by atoms with Gasteiger partial charge in [0.25, 0.3) is 0 Å². The lowest BCUT2D eigenvalue weighted by molar-refractivity contribution is 0.219. The van der Waals surface area contributed by atoms with E-state index in [1.807, 2.05) is 0 Å². The molecule has 0 aliphatic carbocycles. The summed E-state index contributed by atoms with van der Waals surface area (Å²) < 4.78 is 29.5. The monoisotopic (exact) mass is 692 g/mol. The summed E-state index contributed by atoms with van der Waals surface area (Å²) >= 11 is 0. The van der Waals surface area contributed by atoms with Crippen LogP contribution >= 0.6 is 0 Å². The third-order valence-electron chi connectivity index (χ3n) is 7.58. The van der Waals surface area contributed by atoms with Crippen LogP contribution in [0.25, 0.3) is 0 Å². The van der Waals surface area contributed by atoms with E-state index in [0.717, 1.165) is 76.0 Å². The van der Waals surface area contributed by atoms with Crippen molar-refractivity contribution in [1.82, 2.24) is 21.3 Å². The van der Waals surface area contributed by atoms with Crippen LogP contribution in [0, 0.1) is 0 Å². The third kappa shape index (κ3) is 20.0. The molecule has 0 bridgehead atoms. The van der Waals surface area contributed by atoms with Crippen molar-refractivity contribution in [2.75, 3.05) is 26.2 Å². The van der Waals surface area contributed by atoms with Gasteiger partial charge in [-0.25, -0.2) is 0 Å². The molecule has 0 amide bonds. The Bertz CT molecular complexity index is 694. The van der Waals surface area contributed by atoms with E-state index in [4.69, 9.17) is 16.5 Å². The van der Waals surface area contributed by atoms with Crippen molar-refractivity contribution in [2.45, 2.75) is 181 Å². The molecule has 0 aromatic heterocycles. The van der Waals surface area contributed by atoms with Crippen LogP contribution in [0.15, 0.2) is 0 Å². The predicted octanol–water partition coefficient (Wildman–Crippen LogP) is 7.47. The second kappa shape index (κ2) is 16.8. The average Bonchev–Trinajstić information content (AvgIpc) is 2.77. The van der Waals surface area contributed by atoms with Crippen LogP contribution in [0.4, 0.5) is 0 Å². The molecule has 12 heteroatoms. The van der Waals surface area contributed by atoms with Gasteiger partial charge in [-0.05, 0) is 185 Å². The van der Waals surface area contributed by atoms with Crippen molar-refractivity contribution in [3.8, 4) is 0 Å². The van der Waals surface area contributed by atoms with Gasteiger partial charge in [0.05, 0.1) is 0 Å². The molecule has 1 heterocycles. The minimum atomic E-state index is -2.60. The Balaban J connectivity index is 3.30. The third-order valence-corrected chi connectivity index (χ3v) is 26.4. The summed E-state index contributed by atoms with van der Waals surface area (Å²) in [5, 5.41) is 14.7. The topological polar surface area (TPSA) is 85.0 Å². The van der Waals surface area contributed by atoms with E-state index in [9.17, 15) is 0 Å². The number of hydrogen-bond donors (Lipinski definition) is 4. The lowest BCUT2D eigenvalue weighted by Gasteiger charge is -2.50. The summed E-state index contributed by atoms with van der Waals surface area (Å²) in [7, 11) is -10.4. The first-order valence-corrected chi connectivity index (χ1v) is 27.6. The van der Waals surface area contributed by atoms with E-state index in [1.165, 1.54) is 0 Å². The van der Waals surface area contributed by atoms with Crippen LogP contribution in [0.2, 0.25) is 50.4 Å². The van der Waals surface area contributed by atoms with Gasteiger partial charge in [-0.2, -0.15) is 0 Å². The fourth-order valence-electron chi connectivity index (χ4n) is 5.81. The Morgan fingerprint density at radius 1 is 0.341 bits per heavy atom. The zero-order valence-electron chi connectivity index (χ0n) is 32.1. The first-order chi connectivity index (χ1) is 19.7. The Labute approximate surface area is 278 Å². The molecule has 1 rings (SSSR count). The Morgan fingerprint density at radius 2 is 0.500 bits per heavy atom. The van der Waals surface area contributed by atoms with E-state index < -0.39 is 34.2 Å². The summed E-state index contributed by atoms with van der Waals surface area (Å²) in [4.78, 5) is 0. The van der Waals surface area contributed by atoms with E-state index in [2.05, 4.69) is 131 Å². The zero-order valence-corrected chi connectivity index (χ0v) is 36.1. The van der Waals surface area contributed by atoms with Crippen LogP contribution in [0.1, 0.15) is 109 Å². The van der Waals surface area contributed by atoms with E-state index in [1.54, 1.807) is 0 Å². The maximum Gasteiger partial charge on any atom is 0.317 e. The van der Waals surface area contributed by atoms with Gasteiger partial charge >= 0.3 is 34.2 Å². The van der Waals surface area contributed by atoms with Gasteiger partial charge < -0.3 is 37.7 Å². The van der Waals surface area contributed by atoms with Crippen molar-refractivity contribution in [3.63, 3.8) is 0 Å². The molecule has 0 atom stereocenters. The zero-order chi connectivity index (χ0) is 34.1. The van der Waals surface area contributed by atoms with Gasteiger partial charge in [0, 0.05) is 22.2 Å². The summed E-state index contributed by atoms with van der Waals surface area (Å²) in [6, 6.07) is 3.79. The highest BCUT2D eigenvalue weighted by Gasteiger charge is 2.56. The van der Waals surface area contributed by atoms with Gasteiger partial charge in [0.1, 0.15) is 0 Å². The Hall–Kier alpha value is 0.548. The first kappa shape index (κ1) is 42.6. The summed E-state index contributed by atoms with van der Waals surface area (Å²) in [5.74, 6) is 0. The smallest absolute Gasteiger partial charge is 0.317 e. The maximum absolute atomic E-state index is 7.38. The molecule has 0 radical (unpaired) electrons. The highest BCUT2D eigenvalue weighted by atomic mass is 28.5. The van der Waals surface area contributed by atoms with Crippen molar-refractivity contribution in [3.05, 3.63) is 0 Å². The molecule has 1 saturated heterocycles. The molecule has 0 saturated carbocycles. The average molecular weight is 693 g/mol. The van der Waals surface area contributed by atoms with Crippen LogP contribution in [0.3, 0.4) is 0 Å². The van der Waals surface area contributed by atoms with Gasteiger partial charge in [-0.1, -0.05) is 0 Å². The fourth-order valence-corrected chi connectivity index (χ4v) is 29.1. The largest absolute Gasteiger partial charge is 0.416 e. The van der Waals surface area contributed by atoms with Crippen molar-refractivity contribution >= 4 is 34.2 Å². The van der Waals surface area contributed by atoms with E-state index in [0.29, 0.717) is 0 Å². The summed E-state index contributed by atoms with van der Waals surface area (Å²) in [6.07, 6.45) is 4.11. The molecule has 264 valence electrons. The quantitative estimate of drug-likeness (QED) is 0.0980. The van der Waals surface area contributed by atoms with Gasteiger partial charge in [0.2, 0.25) is 0 Å². The van der Waals surface area contributed by atoms with Crippen molar-refractivity contribution in [1.29, 1.82) is 0 Å². The second-order valence-corrected chi connectivity index (χ2v) is 32.4. The lowest BCUT2D eigenvalue weighted by atomic mass is 10.1. The molecule has 1 aliphatic rings. The highest BCUT2D eigenvalue weighted by molar-refractivity contribution is 6.93. The molecule has 0 aromatic rings. The maximum atomic E-state index is 7.38. The number of rotatable bonds is 16. The van der Waals surface area contributed by atoms with Gasteiger partial charge in [-0.15, -0.1) is 0 Å². The SMILES string of the molecule is CC(C)(C)NCCC[Si]1(C)O[Si](C)(CCCNC(C)(C)C)O[Si](C)(CCCNC(C)(C)C)O[Si](C)(CCCNC(C)(C)C)O1.